The number of hydrogen-bond donors (Lipinski definition) is 2. The molecule has 2 aromatic rings. The zero-order valence-corrected chi connectivity index (χ0v) is 14.2. The molecule has 0 atom stereocenters. The number of carbonyl (C=O) groups excluding carboxylic acids is 2. The van der Waals surface area contributed by atoms with Crippen LogP contribution in [0.2, 0.25) is 0 Å². The third kappa shape index (κ3) is 4.81. The maximum atomic E-state index is 11.6. The number of urea groups is 1. The van der Waals surface area contributed by atoms with Gasteiger partial charge in [0.15, 0.2) is 5.13 Å². The molecule has 6 nitrogen and oxygen atoms in total. The predicted molar refractivity (Wildman–Crippen MR) is 88.9 cm³/mol. The van der Waals surface area contributed by atoms with Gasteiger partial charge in [-0.05, 0) is 19.1 Å². The summed E-state index contributed by atoms with van der Waals surface area (Å²) in [5.41, 5.74) is 1.73. The predicted octanol–water partition coefficient (Wildman–Crippen LogP) is 3.26. The van der Waals surface area contributed by atoms with E-state index in [1.807, 2.05) is 29.6 Å². The van der Waals surface area contributed by atoms with E-state index in [0.29, 0.717) is 5.13 Å². The van der Waals surface area contributed by atoms with Gasteiger partial charge in [-0.15, -0.1) is 11.3 Å². The van der Waals surface area contributed by atoms with Crippen molar-refractivity contribution < 1.29 is 14.3 Å². The van der Waals surface area contributed by atoms with Crippen LogP contribution in [0.3, 0.4) is 0 Å². The van der Waals surface area contributed by atoms with Crippen LogP contribution in [0.15, 0.2) is 34.1 Å². The molecule has 0 aliphatic rings. The van der Waals surface area contributed by atoms with Crippen molar-refractivity contribution in [1.29, 1.82) is 0 Å². The fourth-order valence-electron chi connectivity index (χ4n) is 1.59. The Hall–Kier alpha value is -1.93. The van der Waals surface area contributed by atoms with Gasteiger partial charge in [0.1, 0.15) is 6.54 Å². The fraction of sp³-hybridized carbons (Fsp3) is 0.214. The minimum Gasteiger partial charge on any atom is -0.465 e. The zero-order valence-electron chi connectivity index (χ0n) is 11.8. The number of hydrogen-bond acceptors (Lipinski definition) is 5. The second kappa shape index (κ2) is 7.90. The van der Waals surface area contributed by atoms with Crippen molar-refractivity contribution in [2.45, 2.75) is 6.92 Å². The highest BCUT2D eigenvalue weighted by Crippen LogP contribution is 2.25. The van der Waals surface area contributed by atoms with Crippen LogP contribution in [0.4, 0.5) is 9.93 Å². The van der Waals surface area contributed by atoms with Crippen molar-refractivity contribution in [3.8, 4) is 11.3 Å². The Labute approximate surface area is 140 Å². The molecule has 22 heavy (non-hydrogen) atoms. The molecule has 0 saturated carbocycles. The Balaban J connectivity index is 1.90. The number of anilines is 1. The molecular formula is C14H14BrN3O3S. The highest BCUT2D eigenvalue weighted by atomic mass is 79.9. The molecule has 0 aliphatic heterocycles. The molecule has 2 rings (SSSR count). The first-order chi connectivity index (χ1) is 10.6. The minimum atomic E-state index is -0.496. The van der Waals surface area contributed by atoms with Crippen LogP contribution in [0.5, 0.6) is 0 Å². The van der Waals surface area contributed by atoms with Gasteiger partial charge in [-0.3, -0.25) is 10.1 Å². The standard InChI is InChI=1S/C14H14BrN3O3S/c1-2-21-12(19)7-16-13(20)18-14-17-11(8-22-14)9-3-5-10(15)6-4-9/h3-6,8H,2,7H2,1H3,(H2,16,17,18,20). The van der Waals surface area contributed by atoms with Gasteiger partial charge in [0.05, 0.1) is 12.3 Å². The number of esters is 1. The van der Waals surface area contributed by atoms with Crippen LogP contribution >= 0.6 is 27.3 Å². The molecule has 0 radical (unpaired) electrons. The van der Waals surface area contributed by atoms with Gasteiger partial charge >= 0.3 is 12.0 Å². The lowest BCUT2D eigenvalue weighted by atomic mass is 10.2. The van der Waals surface area contributed by atoms with Crippen molar-refractivity contribution in [3.63, 3.8) is 0 Å². The van der Waals surface area contributed by atoms with E-state index in [0.717, 1.165) is 15.7 Å². The molecule has 2 amide bonds. The average molecular weight is 384 g/mol. The van der Waals surface area contributed by atoms with Gasteiger partial charge in [-0.25, -0.2) is 9.78 Å². The van der Waals surface area contributed by atoms with Gasteiger partial charge < -0.3 is 10.1 Å². The molecule has 1 heterocycles. The van der Waals surface area contributed by atoms with E-state index in [2.05, 4.69) is 31.5 Å². The molecule has 1 aromatic heterocycles. The molecule has 0 saturated heterocycles. The van der Waals surface area contributed by atoms with E-state index in [1.165, 1.54) is 11.3 Å². The van der Waals surface area contributed by atoms with Crippen molar-refractivity contribution in [1.82, 2.24) is 10.3 Å². The minimum absolute atomic E-state index is 0.176. The summed E-state index contributed by atoms with van der Waals surface area (Å²) in [4.78, 5) is 27.1. The molecule has 0 unspecified atom stereocenters. The molecular weight excluding hydrogens is 370 g/mol. The Morgan fingerprint density at radius 3 is 2.73 bits per heavy atom. The average Bonchev–Trinajstić information content (AvgIpc) is 2.95. The van der Waals surface area contributed by atoms with E-state index in [4.69, 9.17) is 4.74 Å². The summed E-state index contributed by atoms with van der Waals surface area (Å²) in [5, 5.41) is 7.30. The second-order valence-corrected chi connectivity index (χ2v) is 5.93. The Bertz CT molecular complexity index is 658. The van der Waals surface area contributed by atoms with Crippen molar-refractivity contribution in [2.75, 3.05) is 18.5 Å². The molecule has 116 valence electrons. The van der Waals surface area contributed by atoms with E-state index in [-0.39, 0.29) is 13.2 Å². The van der Waals surface area contributed by atoms with Gasteiger partial charge in [-0.2, -0.15) is 0 Å². The summed E-state index contributed by atoms with van der Waals surface area (Å²) < 4.78 is 5.70. The van der Waals surface area contributed by atoms with Crippen LogP contribution in [0, 0.1) is 0 Å². The van der Waals surface area contributed by atoms with Crippen molar-refractivity contribution in [2.24, 2.45) is 0 Å². The smallest absolute Gasteiger partial charge is 0.325 e. The molecule has 0 bridgehead atoms. The maximum Gasteiger partial charge on any atom is 0.325 e. The second-order valence-electron chi connectivity index (χ2n) is 4.16. The third-order valence-electron chi connectivity index (χ3n) is 2.56. The molecule has 0 aliphatic carbocycles. The SMILES string of the molecule is CCOC(=O)CNC(=O)Nc1nc(-c2ccc(Br)cc2)cs1. The van der Waals surface area contributed by atoms with Crippen LogP contribution < -0.4 is 10.6 Å². The number of rotatable bonds is 5. The van der Waals surface area contributed by atoms with Crippen LogP contribution in [0.1, 0.15) is 6.92 Å². The summed E-state index contributed by atoms with van der Waals surface area (Å²) in [6.07, 6.45) is 0. The monoisotopic (exact) mass is 383 g/mol. The van der Waals surface area contributed by atoms with Crippen molar-refractivity contribution in [3.05, 3.63) is 34.1 Å². The zero-order chi connectivity index (χ0) is 15.9. The van der Waals surface area contributed by atoms with Crippen LogP contribution in [-0.4, -0.2) is 30.1 Å². The molecule has 0 spiro atoms. The number of carbonyl (C=O) groups is 2. The van der Waals surface area contributed by atoms with Gasteiger partial charge in [-0.1, -0.05) is 28.1 Å². The number of amides is 2. The number of aromatic nitrogens is 1. The Morgan fingerprint density at radius 1 is 1.32 bits per heavy atom. The van der Waals surface area contributed by atoms with Crippen LogP contribution in [-0.2, 0) is 9.53 Å². The lowest BCUT2D eigenvalue weighted by Gasteiger charge is -2.04. The van der Waals surface area contributed by atoms with E-state index in [1.54, 1.807) is 6.92 Å². The number of benzene rings is 1. The first kappa shape index (κ1) is 16.4. The molecule has 1 aromatic carbocycles. The Morgan fingerprint density at radius 2 is 2.05 bits per heavy atom. The summed E-state index contributed by atoms with van der Waals surface area (Å²) in [7, 11) is 0. The first-order valence-electron chi connectivity index (χ1n) is 6.50. The number of ether oxygens (including phenoxy) is 1. The topological polar surface area (TPSA) is 80.3 Å². The first-order valence-corrected chi connectivity index (χ1v) is 8.17. The highest BCUT2D eigenvalue weighted by molar-refractivity contribution is 9.10. The fourth-order valence-corrected chi connectivity index (χ4v) is 2.57. The van der Waals surface area contributed by atoms with Crippen molar-refractivity contribution >= 4 is 44.4 Å². The number of halogens is 1. The van der Waals surface area contributed by atoms with Gasteiger partial charge in [0.2, 0.25) is 0 Å². The number of nitrogens with zero attached hydrogens (tertiary/aromatic N) is 1. The molecule has 8 heteroatoms. The lowest BCUT2D eigenvalue weighted by molar-refractivity contribution is -0.141. The lowest BCUT2D eigenvalue weighted by Crippen LogP contribution is -2.34. The summed E-state index contributed by atoms with van der Waals surface area (Å²) in [6.45, 7) is 1.81. The normalized spacial score (nSPS) is 10.1. The van der Waals surface area contributed by atoms with Crippen LogP contribution in [0.25, 0.3) is 11.3 Å². The summed E-state index contributed by atoms with van der Waals surface area (Å²) in [5.74, 6) is -0.479. The van der Waals surface area contributed by atoms with Gasteiger partial charge in [0, 0.05) is 15.4 Å². The van der Waals surface area contributed by atoms with E-state index >= 15 is 0 Å². The maximum absolute atomic E-state index is 11.6. The quantitative estimate of drug-likeness (QED) is 0.776. The summed E-state index contributed by atoms with van der Waals surface area (Å²) in [6, 6.07) is 7.22. The Kier molecular flexibility index (Phi) is 5.91. The molecule has 0 fully saturated rings. The third-order valence-corrected chi connectivity index (χ3v) is 3.85. The van der Waals surface area contributed by atoms with E-state index < -0.39 is 12.0 Å². The molecule has 2 N–H and O–H groups in total. The van der Waals surface area contributed by atoms with Gasteiger partial charge in [0.25, 0.3) is 0 Å². The largest absolute Gasteiger partial charge is 0.465 e. The highest BCUT2D eigenvalue weighted by Gasteiger charge is 2.09. The number of thiazole rings is 1. The van der Waals surface area contributed by atoms with E-state index in [9.17, 15) is 9.59 Å². The summed E-state index contributed by atoms with van der Waals surface area (Å²) >= 11 is 4.69. The number of nitrogens with one attached hydrogen (secondary N) is 2.